The van der Waals surface area contributed by atoms with E-state index in [9.17, 15) is 17.6 Å². The van der Waals surface area contributed by atoms with Crippen molar-refractivity contribution in [1.82, 2.24) is 0 Å². The molecule has 9 heavy (non-hydrogen) atoms. The molecule has 2 atom stereocenters. The predicted molar refractivity (Wildman–Crippen MR) is 26.1 cm³/mol. The summed E-state index contributed by atoms with van der Waals surface area (Å²) >= 11 is 0. The van der Waals surface area contributed by atoms with Crippen LogP contribution >= 0.6 is 0 Å². The molecule has 0 nitrogen and oxygen atoms in total. The lowest BCUT2D eigenvalue weighted by atomic mass is 10.2. The van der Waals surface area contributed by atoms with Gasteiger partial charge in [0, 0.05) is 6.42 Å². The molecule has 0 aliphatic carbocycles. The molecule has 0 aliphatic heterocycles. The summed E-state index contributed by atoms with van der Waals surface area (Å²) in [6, 6.07) is 0. The summed E-state index contributed by atoms with van der Waals surface area (Å²) in [5.74, 6) is 0. The number of alkyl halides is 4. The van der Waals surface area contributed by atoms with Crippen molar-refractivity contribution in [1.29, 1.82) is 0 Å². The van der Waals surface area contributed by atoms with Crippen LogP contribution < -0.4 is 0 Å². The van der Waals surface area contributed by atoms with Crippen LogP contribution in [0.2, 0.25) is 0 Å². The van der Waals surface area contributed by atoms with Gasteiger partial charge in [0.2, 0.25) is 0 Å². The van der Waals surface area contributed by atoms with Crippen LogP contribution in [0, 0.1) is 0 Å². The summed E-state index contributed by atoms with van der Waals surface area (Å²) in [5.41, 5.74) is 0. The highest BCUT2D eigenvalue weighted by atomic mass is 19.3. The molecular formula is C5H8F4. The minimum atomic E-state index is -3.05. The number of hydrogen-bond donors (Lipinski definition) is 0. The van der Waals surface area contributed by atoms with E-state index >= 15 is 0 Å². The highest BCUT2D eigenvalue weighted by Gasteiger charge is 2.21. The van der Waals surface area contributed by atoms with Gasteiger partial charge < -0.3 is 0 Å². The third-order valence-electron chi connectivity index (χ3n) is 0.823. The van der Waals surface area contributed by atoms with E-state index < -0.39 is 25.2 Å². The summed E-state index contributed by atoms with van der Waals surface area (Å²) in [5, 5.41) is 0. The van der Waals surface area contributed by atoms with Gasteiger partial charge in [-0.15, -0.1) is 0 Å². The van der Waals surface area contributed by atoms with Crippen molar-refractivity contribution >= 4 is 0 Å². The van der Waals surface area contributed by atoms with E-state index in [1.54, 1.807) is 0 Å². The first kappa shape index (κ1) is 8.72. The van der Waals surface area contributed by atoms with Crippen LogP contribution in [-0.4, -0.2) is 18.8 Å². The van der Waals surface area contributed by atoms with Crippen molar-refractivity contribution in [3.63, 3.8) is 0 Å². The molecule has 0 amide bonds. The standard InChI is InChI=1S/C5H8F4/c1-3(6)2-4(7)5(8)9/h3-5H,2H2,1H3. The number of hydrogen-bond acceptors (Lipinski definition) is 0. The maximum Gasteiger partial charge on any atom is 0.269 e. The molecule has 0 spiro atoms. The minimum Gasteiger partial charge on any atom is -0.248 e. The summed E-state index contributed by atoms with van der Waals surface area (Å²) in [6.07, 6.45) is -7.57. The fraction of sp³-hybridized carbons (Fsp3) is 1.00. The van der Waals surface area contributed by atoms with Gasteiger partial charge in [-0.1, -0.05) is 0 Å². The van der Waals surface area contributed by atoms with Crippen LogP contribution in [0.4, 0.5) is 17.6 Å². The second-order valence-corrected chi connectivity index (χ2v) is 1.87. The van der Waals surface area contributed by atoms with Crippen molar-refractivity contribution in [2.75, 3.05) is 0 Å². The molecule has 0 radical (unpaired) electrons. The molecule has 0 bridgehead atoms. The van der Waals surface area contributed by atoms with E-state index in [1.165, 1.54) is 0 Å². The Bertz CT molecular complexity index is 71.4. The molecule has 0 fully saturated rings. The zero-order valence-electron chi connectivity index (χ0n) is 4.95. The highest BCUT2D eigenvalue weighted by Crippen LogP contribution is 2.12. The van der Waals surface area contributed by atoms with Crippen LogP contribution in [0.3, 0.4) is 0 Å². The maximum atomic E-state index is 11.8. The Morgan fingerprint density at radius 1 is 1.11 bits per heavy atom. The van der Waals surface area contributed by atoms with E-state index in [1.807, 2.05) is 0 Å². The second kappa shape index (κ2) is 3.69. The first-order valence-electron chi connectivity index (χ1n) is 2.60. The van der Waals surface area contributed by atoms with Crippen molar-refractivity contribution in [3.05, 3.63) is 0 Å². The lowest BCUT2D eigenvalue weighted by molar-refractivity contribution is 0.0335. The molecule has 0 rings (SSSR count). The Balaban J connectivity index is 3.38. The minimum absolute atomic E-state index is 0.711. The van der Waals surface area contributed by atoms with Gasteiger partial charge in [0.15, 0.2) is 6.17 Å². The predicted octanol–water partition coefficient (Wildman–Crippen LogP) is 2.34. The monoisotopic (exact) mass is 144 g/mol. The Morgan fingerprint density at radius 3 is 1.67 bits per heavy atom. The fourth-order valence-corrected chi connectivity index (χ4v) is 0.413. The van der Waals surface area contributed by atoms with Crippen LogP contribution in [0.25, 0.3) is 0 Å². The number of rotatable bonds is 3. The molecule has 4 heteroatoms. The van der Waals surface area contributed by atoms with Gasteiger partial charge in [-0.25, -0.2) is 17.6 Å². The van der Waals surface area contributed by atoms with E-state index in [4.69, 9.17) is 0 Å². The van der Waals surface area contributed by atoms with Crippen molar-refractivity contribution in [2.24, 2.45) is 0 Å². The van der Waals surface area contributed by atoms with Gasteiger partial charge in [-0.3, -0.25) is 0 Å². The third-order valence-corrected chi connectivity index (χ3v) is 0.823. The van der Waals surface area contributed by atoms with E-state index in [-0.39, 0.29) is 0 Å². The van der Waals surface area contributed by atoms with Gasteiger partial charge in [-0.05, 0) is 6.92 Å². The first-order chi connectivity index (χ1) is 4.04. The molecule has 0 N–H and O–H groups in total. The van der Waals surface area contributed by atoms with Gasteiger partial charge in [0.05, 0.1) is 0 Å². The zero-order valence-corrected chi connectivity index (χ0v) is 4.95. The topological polar surface area (TPSA) is 0 Å². The van der Waals surface area contributed by atoms with Crippen LogP contribution in [0.1, 0.15) is 13.3 Å². The Hall–Kier alpha value is -0.280. The van der Waals surface area contributed by atoms with Gasteiger partial charge >= 0.3 is 0 Å². The molecule has 0 aromatic rings. The SMILES string of the molecule is CC(F)CC(F)C(F)F. The zero-order chi connectivity index (χ0) is 7.44. The summed E-state index contributed by atoms with van der Waals surface area (Å²) in [7, 11) is 0. The van der Waals surface area contributed by atoms with Crippen LogP contribution in [0.15, 0.2) is 0 Å². The quantitative estimate of drug-likeness (QED) is 0.533. The second-order valence-electron chi connectivity index (χ2n) is 1.87. The lowest BCUT2D eigenvalue weighted by Crippen LogP contribution is -2.15. The van der Waals surface area contributed by atoms with Gasteiger partial charge in [-0.2, -0.15) is 0 Å². The smallest absolute Gasteiger partial charge is 0.248 e. The van der Waals surface area contributed by atoms with Crippen molar-refractivity contribution in [3.8, 4) is 0 Å². The van der Waals surface area contributed by atoms with Crippen LogP contribution in [0.5, 0.6) is 0 Å². The molecule has 0 aromatic heterocycles. The molecule has 0 saturated carbocycles. The Labute approximate surface area is 50.9 Å². The first-order valence-corrected chi connectivity index (χ1v) is 2.60. The van der Waals surface area contributed by atoms with Crippen molar-refractivity contribution in [2.45, 2.75) is 32.1 Å². The molecule has 0 saturated heterocycles. The normalized spacial score (nSPS) is 18.0. The lowest BCUT2D eigenvalue weighted by Gasteiger charge is -2.05. The van der Waals surface area contributed by atoms with E-state index in [0.29, 0.717) is 0 Å². The summed E-state index contributed by atoms with van der Waals surface area (Å²) in [6.45, 7) is 1.05. The van der Waals surface area contributed by atoms with Crippen molar-refractivity contribution < 1.29 is 17.6 Å². The van der Waals surface area contributed by atoms with Gasteiger partial charge in [0.1, 0.15) is 6.17 Å². The summed E-state index contributed by atoms with van der Waals surface area (Å²) < 4.78 is 46.0. The fourth-order valence-electron chi connectivity index (χ4n) is 0.413. The third kappa shape index (κ3) is 4.24. The maximum absolute atomic E-state index is 11.8. The largest absolute Gasteiger partial charge is 0.269 e. The van der Waals surface area contributed by atoms with Gasteiger partial charge in [0.25, 0.3) is 6.43 Å². The van der Waals surface area contributed by atoms with E-state index in [0.717, 1.165) is 6.92 Å². The Morgan fingerprint density at radius 2 is 1.56 bits per heavy atom. The summed E-state index contributed by atoms with van der Waals surface area (Å²) in [4.78, 5) is 0. The molecule has 0 aromatic carbocycles. The average Bonchev–Trinajstić information content (AvgIpc) is 1.63. The van der Waals surface area contributed by atoms with E-state index in [2.05, 4.69) is 0 Å². The highest BCUT2D eigenvalue weighted by molar-refractivity contribution is 4.61. The molecule has 56 valence electrons. The molecule has 0 heterocycles. The Kier molecular flexibility index (Phi) is 3.58. The number of halogens is 4. The molecule has 0 aliphatic rings. The molecule has 2 unspecified atom stereocenters. The average molecular weight is 144 g/mol. The van der Waals surface area contributed by atoms with Crippen LogP contribution in [-0.2, 0) is 0 Å². The molecular weight excluding hydrogens is 136 g/mol.